The maximum Gasteiger partial charge on any atom is 0.251 e. The number of rotatable bonds is 6. The molecule has 40 heavy (non-hydrogen) atoms. The quantitative estimate of drug-likeness (QED) is 0.464. The second-order valence-electron chi connectivity index (χ2n) is 12.3. The van der Waals surface area contributed by atoms with E-state index < -0.39 is 0 Å². The van der Waals surface area contributed by atoms with Gasteiger partial charge in [0, 0.05) is 65.6 Å². The molecule has 2 fully saturated rings. The Balaban J connectivity index is 1.31. The summed E-state index contributed by atoms with van der Waals surface area (Å²) in [6, 6.07) is 16.3. The Bertz CT molecular complexity index is 1540. The Kier molecular flexibility index (Phi) is 6.95. The van der Waals surface area contributed by atoms with Gasteiger partial charge in [0.1, 0.15) is 24.2 Å². The van der Waals surface area contributed by atoms with E-state index in [0.717, 1.165) is 37.9 Å². The zero-order valence-electron chi connectivity index (χ0n) is 23.7. The SMILES string of the molecule is Cn1c(=O)ccc2c(OC3C(C)(C)C(NC(=O)c4ccc(N5CCC(C=O)CC5)cc4)C3(C)C)ccc(C#N)c21. The van der Waals surface area contributed by atoms with Crippen molar-refractivity contribution in [2.75, 3.05) is 18.0 Å². The van der Waals surface area contributed by atoms with Gasteiger partial charge in [0.15, 0.2) is 0 Å². The minimum atomic E-state index is -0.386. The van der Waals surface area contributed by atoms with Crippen molar-refractivity contribution in [3.8, 4) is 11.8 Å². The van der Waals surface area contributed by atoms with Crippen LogP contribution in [-0.4, -0.2) is 42.0 Å². The normalized spacial score (nSPS) is 21.8. The molecule has 1 aliphatic heterocycles. The molecule has 2 aromatic carbocycles. The first kappa shape index (κ1) is 27.4. The maximum atomic E-state index is 13.3. The number of hydrogen-bond donors (Lipinski definition) is 1. The minimum Gasteiger partial charge on any atom is -0.488 e. The van der Waals surface area contributed by atoms with E-state index >= 15 is 0 Å². The predicted molar refractivity (Wildman–Crippen MR) is 155 cm³/mol. The van der Waals surface area contributed by atoms with E-state index in [1.54, 1.807) is 25.2 Å². The van der Waals surface area contributed by atoms with Gasteiger partial charge in [-0.1, -0.05) is 27.7 Å². The molecule has 2 heterocycles. The molecule has 1 N–H and O–H groups in total. The predicted octanol–water partition coefficient (Wildman–Crippen LogP) is 4.44. The lowest BCUT2D eigenvalue weighted by Crippen LogP contribution is -2.74. The van der Waals surface area contributed by atoms with Crippen LogP contribution in [0.15, 0.2) is 53.3 Å². The number of aromatic nitrogens is 1. The molecule has 8 nitrogen and oxygen atoms in total. The zero-order valence-corrected chi connectivity index (χ0v) is 23.7. The number of ether oxygens (including phenoxy) is 1. The van der Waals surface area contributed by atoms with Crippen molar-refractivity contribution >= 4 is 28.8 Å². The summed E-state index contributed by atoms with van der Waals surface area (Å²) in [6.07, 6.45) is 2.55. The number of fused-ring (bicyclic) bond motifs is 1. The van der Waals surface area contributed by atoms with Crippen molar-refractivity contribution in [2.24, 2.45) is 23.8 Å². The smallest absolute Gasteiger partial charge is 0.251 e. The van der Waals surface area contributed by atoms with Gasteiger partial charge < -0.3 is 24.3 Å². The average molecular weight is 541 g/mol. The van der Waals surface area contributed by atoms with Gasteiger partial charge in [-0.2, -0.15) is 5.26 Å². The molecule has 0 bridgehead atoms. The number of anilines is 1. The molecule has 1 aliphatic carbocycles. The van der Waals surface area contributed by atoms with Crippen LogP contribution in [0.25, 0.3) is 10.9 Å². The summed E-state index contributed by atoms with van der Waals surface area (Å²) in [5, 5.41) is 13.6. The Morgan fingerprint density at radius 2 is 1.68 bits per heavy atom. The molecule has 1 amide bonds. The first-order chi connectivity index (χ1) is 19.0. The number of benzene rings is 2. The summed E-state index contributed by atoms with van der Waals surface area (Å²) in [6.45, 7) is 10.0. The molecular formula is C32H36N4O4. The van der Waals surface area contributed by atoms with Gasteiger partial charge in [-0.25, -0.2) is 0 Å². The van der Waals surface area contributed by atoms with Crippen molar-refractivity contribution < 1.29 is 14.3 Å². The molecular weight excluding hydrogens is 504 g/mol. The van der Waals surface area contributed by atoms with E-state index in [4.69, 9.17) is 4.74 Å². The first-order valence-electron chi connectivity index (χ1n) is 13.8. The van der Waals surface area contributed by atoms with Crippen LogP contribution < -0.4 is 20.5 Å². The number of aldehydes is 1. The second kappa shape index (κ2) is 10.1. The number of carbonyl (C=O) groups is 2. The number of nitrogens with one attached hydrogen (secondary N) is 1. The van der Waals surface area contributed by atoms with Gasteiger partial charge in [-0.05, 0) is 55.3 Å². The lowest BCUT2D eigenvalue weighted by atomic mass is 9.49. The molecule has 2 aliphatic rings. The van der Waals surface area contributed by atoms with Crippen LogP contribution in [0.1, 0.15) is 56.5 Å². The van der Waals surface area contributed by atoms with Crippen LogP contribution >= 0.6 is 0 Å². The molecule has 208 valence electrons. The minimum absolute atomic E-state index is 0.130. The fourth-order valence-electron chi connectivity index (χ4n) is 6.94. The largest absolute Gasteiger partial charge is 0.488 e. The third-order valence-corrected chi connectivity index (χ3v) is 8.94. The standard InChI is InChI=1S/C32H36N4O4/c1-31(2)29(34-28(39)21-6-9-23(10-7-21)36-16-14-20(19-37)15-17-36)32(3,4)30(31)40-25-12-8-22(18-33)27-24(25)11-13-26(38)35(27)5/h6-13,19-20,29-30H,14-17H2,1-5H3,(H,34,39). The highest BCUT2D eigenvalue weighted by Gasteiger charge is 2.64. The summed E-state index contributed by atoms with van der Waals surface area (Å²) in [5.74, 6) is 0.621. The maximum absolute atomic E-state index is 13.3. The van der Waals surface area contributed by atoms with Crippen molar-refractivity contribution in [3.63, 3.8) is 0 Å². The van der Waals surface area contributed by atoms with Crippen molar-refractivity contribution in [1.29, 1.82) is 5.26 Å². The first-order valence-corrected chi connectivity index (χ1v) is 13.8. The average Bonchev–Trinajstić information content (AvgIpc) is 2.96. The number of carbonyl (C=O) groups excluding carboxylic acids is 2. The van der Waals surface area contributed by atoms with E-state index in [-0.39, 0.29) is 40.4 Å². The number of amides is 1. The number of hydrogen-bond acceptors (Lipinski definition) is 6. The van der Waals surface area contributed by atoms with E-state index in [1.165, 1.54) is 10.6 Å². The van der Waals surface area contributed by atoms with Crippen LogP contribution in [-0.2, 0) is 11.8 Å². The fourth-order valence-corrected chi connectivity index (χ4v) is 6.94. The number of nitriles is 1. The Morgan fingerprint density at radius 1 is 1.02 bits per heavy atom. The van der Waals surface area contributed by atoms with Crippen LogP contribution in [0.3, 0.4) is 0 Å². The molecule has 1 saturated heterocycles. The molecule has 5 rings (SSSR count). The summed E-state index contributed by atoms with van der Waals surface area (Å²) in [5.41, 5.74) is 1.66. The van der Waals surface area contributed by atoms with Gasteiger partial charge in [-0.3, -0.25) is 9.59 Å². The van der Waals surface area contributed by atoms with Gasteiger partial charge in [0.05, 0.1) is 11.1 Å². The topological polar surface area (TPSA) is 104 Å². The van der Waals surface area contributed by atoms with Crippen LogP contribution in [0.2, 0.25) is 0 Å². The number of piperidine rings is 1. The van der Waals surface area contributed by atoms with E-state index in [1.807, 2.05) is 24.3 Å². The fraction of sp³-hybridized carbons (Fsp3) is 0.438. The van der Waals surface area contributed by atoms with Gasteiger partial charge >= 0.3 is 0 Å². The van der Waals surface area contributed by atoms with E-state index in [9.17, 15) is 19.6 Å². The van der Waals surface area contributed by atoms with Crippen molar-refractivity contribution in [3.05, 3.63) is 70.0 Å². The molecule has 0 spiro atoms. The Morgan fingerprint density at radius 3 is 2.27 bits per heavy atom. The molecule has 0 radical (unpaired) electrons. The summed E-state index contributed by atoms with van der Waals surface area (Å²) in [4.78, 5) is 38.9. The van der Waals surface area contributed by atoms with Gasteiger partial charge in [-0.15, -0.1) is 0 Å². The summed E-state index contributed by atoms with van der Waals surface area (Å²) >= 11 is 0. The lowest BCUT2D eigenvalue weighted by Gasteiger charge is -2.63. The van der Waals surface area contributed by atoms with Crippen LogP contribution in [0, 0.1) is 28.1 Å². The van der Waals surface area contributed by atoms with E-state index in [0.29, 0.717) is 27.8 Å². The monoisotopic (exact) mass is 540 g/mol. The van der Waals surface area contributed by atoms with Crippen LogP contribution in [0.4, 0.5) is 5.69 Å². The highest BCUT2D eigenvalue weighted by molar-refractivity contribution is 5.95. The van der Waals surface area contributed by atoms with E-state index in [2.05, 4.69) is 44.0 Å². The number of pyridine rings is 1. The Hall–Kier alpha value is -4.12. The summed E-state index contributed by atoms with van der Waals surface area (Å²) in [7, 11) is 1.65. The highest BCUT2D eigenvalue weighted by atomic mass is 16.5. The zero-order chi connectivity index (χ0) is 28.8. The Labute approximate surface area is 234 Å². The number of aryl methyl sites for hydroxylation is 1. The molecule has 0 unspecified atom stereocenters. The second-order valence-corrected chi connectivity index (χ2v) is 12.3. The van der Waals surface area contributed by atoms with Crippen molar-refractivity contribution in [1.82, 2.24) is 9.88 Å². The highest BCUT2D eigenvalue weighted by Crippen LogP contribution is 2.56. The van der Waals surface area contributed by atoms with Crippen molar-refractivity contribution in [2.45, 2.75) is 52.7 Å². The third kappa shape index (κ3) is 4.53. The number of nitrogens with zero attached hydrogens (tertiary/aromatic N) is 3. The molecule has 3 aromatic rings. The third-order valence-electron chi connectivity index (χ3n) is 8.94. The molecule has 0 atom stereocenters. The van der Waals surface area contributed by atoms with Crippen LogP contribution in [0.5, 0.6) is 5.75 Å². The lowest BCUT2D eigenvalue weighted by molar-refractivity contribution is -0.163. The molecule has 1 aromatic heterocycles. The van der Waals surface area contributed by atoms with Gasteiger partial charge in [0.2, 0.25) is 0 Å². The summed E-state index contributed by atoms with van der Waals surface area (Å²) < 4.78 is 8.07. The molecule has 1 saturated carbocycles. The molecule has 8 heteroatoms. The van der Waals surface area contributed by atoms with Gasteiger partial charge in [0.25, 0.3) is 11.5 Å².